The van der Waals surface area contributed by atoms with Gasteiger partial charge in [0.1, 0.15) is 23.6 Å². The van der Waals surface area contributed by atoms with Crippen molar-refractivity contribution in [3.8, 4) is 22.8 Å². The van der Waals surface area contributed by atoms with Gasteiger partial charge in [-0.25, -0.2) is 9.97 Å². The van der Waals surface area contributed by atoms with Crippen molar-refractivity contribution in [3.05, 3.63) is 30.6 Å². The zero-order chi connectivity index (χ0) is 14.4. The first-order chi connectivity index (χ1) is 9.76. The predicted octanol–water partition coefficient (Wildman–Crippen LogP) is 2.98. The second-order valence-corrected chi connectivity index (χ2v) is 4.32. The Morgan fingerprint density at radius 3 is 2.30 bits per heavy atom. The van der Waals surface area contributed by atoms with E-state index < -0.39 is 0 Å². The van der Waals surface area contributed by atoms with Crippen molar-refractivity contribution in [2.75, 3.05) is 26.1 Å². The third-order valence-electron chi connectivity index (χ3n) is 2.87. The van der Waals surface area contributed by atoms with Crippen LogP contribution in [0.1, 0.15) is 13.3 Å². The minimum atomic E-state index is 0.737. The number of ether oxygens (including phenoxy) is 2. The van der Waals surface area contributed by atoms with Gasteiger partial charge in [-0.15, -0.1) is 0 Å². The average molecular weight is 273 g/mol. The summed E-state index contributed by atoms with van der Waals surface area (Å²) in [7, 11) is 3.26. The Kier molecular flexibility index (Phi) is 4.76. The highest BCUT2D eigenvalue weighted by molar-refractivity contribution is 5.66. The molecule has 0 spiro atoms. The maximum absolute atomic E-state index is 5.27. The van der Waals surface area contributed by atoms with E-state index in [-0.39, 0.29) is 0 Å². The van der Waals surface area contributed by atoms with Gasteiger partial charge in [0.05, 0.1) is 19.9 Å². The van der Waals surface area contributed by atoms with E-state index in [1.165, 1.54) is 0 Å². The van der Waals surface area contributed by atoms with Gasteiger partial charge in [-0.2, -0.15) is 0 Å². The molecule has 1 N–H and O–H groups in total. The first-order valence-electron chi connectivity index (χ1n) is 6.56. The summed E-state index contributed by atoms with van der Waals surface area (Å²) in [5.41, 5.74) is 1.76. The summed E-state index contributed by atoms with van der Waals surface area (Å²) in [6.45, 7) is 3.00. The summed E-state index contributed by atoms with van der Waals surface area (Å²) in [4.78, 5) is 8.51. The van der Waals surface area contributed by atoms with Gasteiger partial charge in [0.25, 0.3) is 0 Å². The molecule has 5 nitrogen and oxygen atoms in total. The Morgan fingerprint density at radius 1 is 1.00 bits per heavy atom. The molecule has 2 aromatic rings. The molecule has 0 bridgehead atoms. The third kappa shape index (κ3) is 3.38. The fraction of sp³-hybridized carbons (Fsp3) is 0.333. The van der Waals surface area contributed by atoms with Gasteiger partial charge >= 0.3 is 0 Å². The average Bonchev–Trinajstić information content (AvgIpc) is 2.52. The van der Waals surface area contributed by atoms with Crippen LogP contribution in [-0.2, 0) is 0 Å². The van der Waals surface area contributed by atoms with E-state index in [4.69, 9.17) is 9.47 Å². The van der Waals surface area contributed by atoms with Crippen molar-refractivity contribution in [1.82, 2.24) is 9.97 Å². The zero-order valence-corrected chi connectivity index (χ0v) is 12.0. The van der Waals surface area contributed by atoms with Gasteiger partial charge in [0, 0.05) is 24.2 Å². The molecule has 0 atom stereocenters. The van der Waals surface area contributed by atoms with E-state index >= 15 is 0 Å². The molecule has 0 radical (unpaired) electrons. The SMILES string of the molecule is CCCNc1cc(-c2cc(OC)cc(OC)c2)ncn1. The van der Waals surface area contributed by atoms with Crippen LogP contribution in [0.25, 0.3) is 11.3 Å². The summed E-state index contributed by atoms with van der Waals surface area (Å²) >= 11 is 0. The van der Waals surface area contributed by atoms with Crippen molar-refractivity contribution < 1.29 is 9.47 Å². The smallest absolute Gasteiger partial charge is 0.129 e. The molecule has 0 aliphatic heterocycles. The zero-order valence-electron chi connectivity index (χ0n) is 12.0. The largest absolute Gasteiger partial charge is 0.497 e. The molecule has 1 aromatic carbocycles. The molecule has 0 fully saturated rings. The van der Waals surface area contributed by atoms with Crippen molar-refractivity contribution >= 4 is 5.82 Å². The molecule has 0 aliphatic rings. The lowest BCUT2D eigenvalue weighted by Gasteiger charge is -2.09. The molecule has 1 aromatic heterocycles. The minimum Gasteiger partial charge on any atom is -0.497 e. The lowest BCUT2D eigenvalue weighted by atomic mass is 10.1. The first-order valence-corrected chi connectivity index (χ1v) is 6.56. The number of nitrogens with one attached hydrogen (secondary N) is 1. The third-order valence-corrected chi connectivity index (χ3v) is 2.87. The molecule has 0 amide bonds. The van der Waals surface area contributed by atoms with Gasteiger partial charge in [-0.3, -0.25) is 0 Å². The summed E-state index contributed by atoms with van der Waals surface area (Å²) in [6, 6.07) is 7.60. The maximum Gasteiger partial charge on any atom is 0.129 e. The number of hydrogen-bond acceptors (Lipinski definition) is 5. The van der Waals surface area contributed by atoms with Crippen LogP contribution in [0, 0.1) is 0 Å². The van der Waals surface area contributed by atoms with Crippen molar-refractivity contribution in [1.29, 1.82) is 0 Å². The van der Waals surface area contributed by atoms with E-state index in [9.17, 15) is 0 Å². The fourth-order valence-corrected chi connectivity index (χ4v) is 1.82. The number of aromatic nitrogens is 2. The van der Waals surface area contributed by atoms with E-state index in [2.05, 4.69) is 22.2 Å². The molecule has 106 valence electrons. The number of benzene rings is 1. The van der Waals surface area contributed by atoms with Gasteiger partial charge in [0.2, 0.25) is 0 Å². The quantitative estimate of drug-likeness (QED) is 0.876. The molecule has 2 rings (SSSR count). The topological polar surface area (TPSA) is 56.3 Å². The summed E-state index contributed by atoms with van der Waals surface area (Å²) in [5.74, 6) is 2.29. The second-order valence-electron chi connectivity index (χ2n) is 4.32. The lowest BCUT2D eigenvalue weighted by Crippen LogP contribution is -2.02. The van der Waals surface area contributed by atoms with Crippen LogP contribution < -0.4 is 14.8 Å². The normalized spacial score (nSPS) is 10.2. The molecule has 0 unspecified atom stereocenters. The van der Waals surface area contributed by atoms with Gasteiger partial charge < -0.3 is 14.8 Å². The van der Waals surface area contributed by atoms with Crippen LogP contribution in [0.4, 0.5) is 5.82 Å². The Balaban J connectivity index is 2.34. The number of anilines is 1. The molecule has 0 aliphatic carbocycles. The number of nitrogens with zero attached hydrogens (tertiary/aromatic N) is 2. The molecular weight excluding hydrogens is 254 g/mol. The Bertz CT molecular complexity index is 551. The van der Waals surface area contributed by atoms with Crippen molar-refractivity contribution in [3.63, 3.8) is 0 Å². The Hall–Kier alpha value is -2.30. The fourth-order valence-electron chi connectivity index (χ4n) is 1.82. The number of methoxy groups -OCH3 is 2. The second kappa shape index (κ2) is 6.75. The lowest BCUT2D eigenvalue weighted by molar-refractivity contribution is 0.394. The van der Waals surface area contributed by atoms with Crippen LogP contribution in [0.3, 0.4) is 0 Å². The van der Waals surface area contributed by atoms with Gasteiger partial charge in [-0.1, -0.05) is 6.92 Å². The number of hydrogen-bond donors (Lipinski definition) is 1. The molecule has 20 heavy (non-hydrogen) atoms. The van der Waals surface area contributed by atoms with Crippen LogP contribution in [0.2, 0.25) is 0 Å². The Labute approximate surface area is 119 Å². The summed E-state index contributed by atoms with van der Waals surface area (Å²) < 4.78 is 10.5. The van der Waals surface area contributed by atoms with E-state index in [1.54, 1.807) is 20.5 Å². The van der Waals surface area contributed by atoms with E-state index in [0.717, 1.165) is 41.5 Å². The molecule has 0 saturated heterocycles. The van der Waals surface area contributed by atoms with Crippen molar-refractivity contribution in [2.45, 2.75) is 13.3 Å². The number of rotatable bonds is 6. The van der Waals surface area contributed by atoms with Crippen LogP contribution in [0.15, 0.2) is 30.6 Å². The highest BCUT2D eigenvalue weighted by Crippen LogP contribution is 2.29. The van der Waals surface area contributed by atoms with Gasteiger partial charge in [-0.05, 0) is 18.6 Å². The molecule has 1 heterocycles. The van der Waals surface area contributed by atoms with Crippen LogP contribution in [-0.4, -0.2) is 30.7 Å². The van der Waals surface area contributed by atoms with Gasteiger partial charge in [0.15, 0.2) is 0 Å². The molecule has 0 saturated carbocycles. The highest BCUT2D eigenvalue weighted by Gasteiger charge is 2.06. The standard InChI is InChI=1S/C15H19N3O2/c1-4-5-16-15-9-14(17-10-18-15)11-6-12(19-2)8-13(7-11)20-3/h6-10H,4-5H2,1-3H3,(H,16,17,18). The van der Waals surface area contributed by atoms with E-state index in [1.807, 2.05) is 24.3 Å². The monoisotopic (exact) mass is 273 g/mol. The first kappa shape index (κ1) is 14.1. The van der Waals surface area contributed by atoms with Crippen LogP contribution in [0.5, 0.6) is 11.5 Å². The molecular formula is C15H19N3O2. The predicted molar refractivity (Wildman–Crippen MR) is 79.4 cm³/mol. The van der Waals surface area contributed by atoms with Crippen LogP contribution >= 0.6 is 0 Å². The Morgan fingerprint density at radius 2 is 1.70 bits per heavy atom. The van der Waals surface area contributed by atoms with Crippen molar-refractivity contribution in [2.24, 2.45) is 0 Å². The summed E-state index contributed by atoms with van der Waals surface area (Å²) in [5, 5.41) is 3.25. The molecule has 5 heteroatoms. The maximum atomic E-state index is 5.27. The minimum absolute atomic E-state index is 0.737. The summed E-state index contributed by atoms with van der Waals surface area (Å²) in [6.07, 6.45) is 2.60. The highest BCUT2D eigenvalue weighted by atomic mass is 16.5. The van der Waals surface area contributed by atoms with E-state index in [0.29, 0.717) is 0 Å².